The summed E-state index contributed by atoms with van der Waals surface area (Å²) in [6, 6.07) is 6.44. The van der Waals surface area contributed by atoms with Crippen molar-refractivity contribution >= 4 is 17.7 Å². The van der Waals surface area contributed by atoms with Gasteiger partial charge in [0, 0.05) is 24.7 Å². The highest BCUT2D eigenvalue weighted by Crippen LogP contribution is 2.31. The zero-order chi connectivity index (χ0) is 23.3. The highest BCUT2D eigenvalue weighted by molar-refractivity contribution is 6.05. The smallest absolute Gasteiger partial charge is 0.322 e. The van der Waals surface area contributed by atoms with Crippen molar-refractivity contribution in [3.05, 3.63) is 59.4 Å². The molecule has 33 heavy (non-hydrogen) atoms. The molecule has 0 spiro atoms. The van der Waals surface area contributed by atoms with Crippen LogP contribution in [0.4, 0.5) is 13.2 Å². The lowest BCUT2D eigenvalue weighted by atomic mass is 10.0. The number of nitrogens with one attached hydrogen (secondary N) is 1. The van der Waals surface area contributed by atoms with Gasteiger partial charge >= 0.3 is 6.18 Å². The Hall–Kier alpha value is -4.09. The molecule has 1 aromatic carbocycles. The zero-order valence-corrected chi connectivity index (χ0v) is 16.8. The summed E-state index contributed by atoms with van der Waals surface area (Å²) in [6.45, 7) is 0.205. The van der Waals surface area contributed by atoms with Gasteiger partial charge < -0.3 is 4.90 Å². The predicted octanol–water partition coefficient (Wildman–Crippen LogP) is 2.11. The molecule has 5 rings (SSSR count). The zero-order valence-electron chi connectivity index (χ0n) is 16.8. The first kappa shape index (κ1) is 20.8. The molecule has 0 saturated carbocycles. The second-order valence-corrected chi connectivity index (χ2v) is 7.72. The normalized spacial score (nSPS) is 18.5. The number of carbonyl (C=O) groups is 3. The molecule has 168 valence electrons. The second-order valence-electron chi connectivity index (χ2n) is 7.72. The quantitative estimate of drug-likeness (QED) is 0.605. The average Bonchev–Trinajstić information content (AvgIpc) is 3.39. The molecule has 2 aliphatic heterocycles. The predicted molar refractivity (Wildman–Crippen MR) is 106 cm³/mol. The molecule has 12 heteroatoms. The molecule has 4 heterocycles. The monoisotopic (exact) mass is 456 g/mol. The minimum atomic E-state index is -4.48. The van der Waals surface area contributed by atoms with E-state index >= 15 is 0 Å². The van der Waals surface area contributed by atoms with Crippen molar-refractivity contribution in [2.45, 2.75) is 31.6 Å². The Morgan fingerprint density at radius 2 is 1.88 bits per heavy atom. The van der Waals surface area contributed by atoms with E-state index in [0.717, 1.165) is 12.3 Å². The number of carbonyl (C=O) groups excluding carboxylic acids is 3. The summed E-state index contributed by atoms with van der Waals surface area (Å²) in [6.07, 6.45) is -1.79. The standard InChI is InChI=1S/C21H15F3N6O3/c22-21(23,24)12-1-4-15(25-8-12)16-10-30(28-27-16)13-2-3-14-11(7-13)9-29(20(14)33)17-5-6-18(31)26-19(17)32/h1-4,7-8,10,17H,5-6,9H2,(H,26,31,32). The van der Waals surface area contributed by atoms with Crippen molar-refractivity contribution in [2.75, 3.05) is 0 Å². The summed E-state index contributed by atoms with van der Waals surface area (Å²) in [5.41, 5.74) is 1.38. The molecule has 1 fully saturated rings. The van der Waals surface area contributed by atoms with E-state index in [-0.39, 0.29) is 42.6 Å². The first-order valence-electron chi connectivity index (χ1n) is 9.94. The maximum Gasteiger partial charge on any atom is 0.417 e. The van der Waals surface area contributed by atoms with Gasteiger partial charge in [0.1, 0.15) is 11.7 Å². The first-order valence-corrected chi connectivity index (χ1v) is 9.94. The number of rotatable bonds is 3. The number of imide groups is 1. The van der Waals surface area contributed by atoms with Crippen LogP contribution in [0.25, 0.3) is 17.1 Å². The van der Waals surface area contributed by atoms with Gasteiger partial charge in [-0.15, -0.1) is 5.10 Å². The molecule has 0 bridgehead atoms. The van der Waals surface area contributed by atoms with E-state index in [4.69, 9.17) is 0 Å². The van der Waals surface area contributed by atoms with Crippen LogP contribution in [0.5, 0.6) is 0 Å². The van der Waals surface area contributed by atoms with E-state index in [1.54, 1.807) is 18.2 Å². The lowest BCUT2D eigenvalue weighted by molar-refractivity contribution is -0.138. The molecular weight excluding hydrogens is 441 g/mol. The van der Waals surface area contributed by atoms with Crippen LogP contribution in [0, 0.1) is 0 Å². The van der Waals surface area contributed by atoms with Gasteiger partial charge in [-0.3, -0.25) is 24.7 Å². The molecule has 1 N–H and O–H groups in total. The molecule has 1 unspecified atom stereocenters. The Balaban J connectivity index is 1.37. The number of nitrogens with zero attached hydrogens (tertiary/aromatic N) is 5. The highest BCUT2D eigenvalue weighted by Gasteiger charge is 2.39. The lowest BCUT2D eigenvalue weighted by Crippen LogP contribution is -2.52. The fourth-order valence-electron chi connectivity index (χ4n) is 3.92. The van der Waals surface area contributed by atoms with Crippen LogP contribution in [0.3, 0.4) is 0 Å². The molecule has 2 aliphatic rings. The number of hydrogen-bond acceptors (Lipinski definition) is 6. The molecule has 3 aromatic rings. The van der Waals surface area contributed by atoms with Crippen LogP contribution in [-0.2, 0) is 22.3 Å². The van der Waals surface area contributed by atoms with Gasteiger partial charge in [-0.25, -0.2) is 4.68 Å². The van der Waals surface area contributed by atoms with E-state index in [1.165, 1.54) is 21.8 Å². The molecule has 9 nitrogen and oxygen atoms in total. The van der Waals surface area contributed by atoms with E-state index in [1.807, 2.05) is 0 Å². The summed E-state index contributed by atoms with van der Waals surface area (Å²) < 4.78 is 39.6. The molecule has 3 amide bonds. The van der Waals surface area contributed by atoms with Gasteiger partial charge in [0.05, 0.1) is 23.1 Å². The third-order valence-corrected chi connectivity index (χ3v) is 5.62. The minimum Gasteiger partial charge on any atom is -0.322 e. The van der Waals surface area contributed by atoms with Gasteiger partial charge in [0.25, 0.3) is 5.91 Å². The van der Waals surface area contributed by atoms with Gasteiger partial charge in [-0.2, -0.15) is 13.2 Å². The van der Waals surface area contributed by atoms with Crippen LogP contribution in [0.15, 0.2) is 42.7 Å². The van der Waals surface area contributed by atoms with Crippen LogP contribution in [-0.4, -0.2) is 48.6 Å². The first-order chi connectivity index (χ1) is 15.7. The van der Waals surface area contributed by atoms with Gasteiger partial charge in [-0.05, 0) is 42.3 Å². The molecular formula is C21H15F3N6O3. The molecule has 1 saturated heterocycles. The van der Waals surface area contributed by atoms with E-state index in [2.05, 4.69) is 20.6 Å². The Labute approximate surface area is 184 Å². The molecule has 2 aromatic heterocycles. The molecule has 0 aliphatic carbocycles. The number of halogens is 3. The maximum absolute atomic E-state index is 12.8. The largest absolute Gasteiger partial charge is 0.417 e. The van der Waals surface area contributed by atoms with Crippen molar-refractivity contribution in [1.29, 1.82) is 0 Å². The summed E-state index contributed by atoms with van der Waals surface area (Å²) >= 11 is 0. The van der Waals surface area contributed by atoms with Crippen LogP contribution < -0.4 is 5.32 Å². The highest BCUT2D eigenvalue weighted by atomic mass is 19.4. The number of benzene rings is 1. The molecule has 1 atom stereocenters. The summed E-state index contributed by atoms with van der Waals surface area (Å²) in [7, 11) is 0. The number of piperidine rings is 1. The third kappa shape index (κ3) is 3.73. The topological polar surface area (TPSA) is 110 Å². The van der Waals surface area contributed by atoms with Crippen LogP contribution in [0.1, 0.15) is 34.3 Å². The number of fused-ring (bicyclic) bond motifs is 1. The number of pyridine rings is 1. The number of aromatic nitrogens is 4. The van der Waals surface area contributed by atoms with E-state index in [0.29, 0.717) is 16.8 Å². The van der Waals surface area contributed by atoms with Crippen molar-refractivity contribution in [1.82, 2.24) is 30.2 Å². The average molecular weight is 456 g/mol. The fraction of sp³-hybridized carbons (Fsp3) is 0.238. The fourth-order valence-corrected chi connectivity index (χ4v) is 3.92. The lowest BCUT2D eigenvalue weighted by Gasteiger charge is -2.29. The third-order valence-electron chi connectivity index (χ3n) is 5.62. The summed E-state index contributed by atoms with van der Waals surface area (Å²) in [5, 5.41) is 10.2. The van der Waals surface area contributed by atoms with Crippen molar-refractivity contribution in [3.8, 4) is 17.1 Å². The Morgan fingerprint density at radius 3 is 2.58 bits per heavy atom. The van der Waals surface area contributed by atoms with Crippen LogP contribution >= 0.6 is 0 Å². The number of alkyl halides is 3. The Kier molecular flexibility index (Phi) is 4.73. The second kappa shape index (κ2) is 7.50. The number of amides is 3. The Morgan fingerprint density at radius 1 is 1.06 bits per heavy atom. The van der Waals surface area contributed by atoms with Crippen molar-refractivity contribution in [3.63, 3.8) is 0 Å². The van der Waals surface area contributed by atoms with E-state index < -0.39 is 23.7 Å². The molecule has 0 radical (unpaired) electrons. The summed E-state index contributed by atoms with van der Waals surface area (Å²) in [4.78, 5) is 41.6. The van der Waals surface area contributed by atoms with Crippen molar-refractivity contribution < 1.29 is 27.6 Å². The number of hydrogen-bond donors (Lipinski definition) is 1. The maximum atomic E-state index is 12.8. The van der Waals surface area contributed by atoms with Crippen molar-refractivity contribution in [2.24, 2.45) is 0 Å². The Bertz CT molecular complexity index is 1290. The van der Waals surface area contributed by atoms with Gasteiger partial charge in [0.15, 0.2) is 0 Å². The van der Waals surface area contributed by atoms with Crippen LogP contribution in [0.2, 0.25) is 0 Å². The summed E-state index contributed by atoms with van der Waals surface area (Å²) in [5.74, 6) is -1.14. The minimum absolute atomic E-state index is 0.168. The van der Waals surface area contributed by atoms with Gasteiger partial charge in [-0.1, -0.05) is 5.21 Å². The van der Waals surface area contributed by atoms with E-state index in [9.17, 15) is 27.6 Å². The SMILES string of the molecule is O=C1CCC(N2Cc3cc(-n4cc(-c5ccc(C(F)(F)F)cn5)nn4)ccc3C2=O)C(=O)N1. The van der Waals surface area contributed by atoms with Gasteiger partial charge in [0.2, 0.25) is 11.8 Å².